The van der Waals surface area contributed by atoms with Crippen LogP contribution in [-0.4, -0.2) is 31.0 Å². The van der Waals surface area contributed by atoms with Gasteiger partial charge in [0.05, 0.1) is 13.2 Å². The molecule has 4 nitrogen and oxygen atoms in total. The first-order valence-corrected chi connectivity index (χ1v) is 6.99. The third-order valence-electron chi connectivity index (χ3n) is 3.03. The summed E-state index contributed by atoms with van der Waals surface area (Å²) in [6.45, 7) is 4.36. The molecule has 2 N–H and O–H groups in total. The second kappa shape index (κ2) is 6.91. The molecule has 1 aromatic carbocycles. The highest BCUT2D eigenvalue weighted by molar-refractivity contribution is 9.10. The Hall–Kier alpha value is -1.07. The van der Waals surface area contributed by atoms with E-state index in [1.165, 1.54) is 0 Å². The van der Waals surface area contributed by atoms with Crippen LogP contribution in [0.3, 0.4) is 0 Å². The highest BCUT2D eigenvalue weighted by Crippen LogP contribution is 2.24. The minimum Gasteiger partial charge on any atom is -0.496 e. The zero-order valence-corrected chi connectivity index (χ0v) is 13.4. The van der Waals surface area contributed by atoms with Crippen LogP contribution in [0.1, 0.15) is 19.4 Å². The lowest BCUT2D eigenvalue weighted by molar-refractivity contribution is -0.132. The Morgan fingerprint density at radius 3 is 2.63 bits per heavy atom. The number of carbonyl (C=O) groups excluding carboxylic acids is 1. The van der Waals surface area contributed by atoms with Gasteiger partial charge in [0, 0.05) is 23.6 Å². The fourth-order valence-electron chi connectivity index (χ4n) is 1.74. The largest absolute Gasteiger partial charge is 0.496 e. The molecule has 0 fully saturated rings. The molecule has 1 rings (SSSR count). The molecule has 0 aliphatic heterocycles. The lowest BCUT2D eigenvalue weighted by Crippen LogP contribution is -2.44. The lowest BCUT2D eigenvalue weighted by atomic mass is 10.0. The summed E-state index contributed by atoms with van der Waals surface area (Å²) in [4.78, 5) is 13.8. The van der Waals surface area contributed by atoms with Crippen molar-refractivity contribution in [2.75, 3.05) is 14.2 Å². The number of benzene rings is 1. The monoisotopic (exact) mass is 328 g/mol. The third kappa shape index (κ3) is 4.21. The van der Waals surface area contributed by atoms with Crippen molar-refractivity contribution in [2.45, 2.75) is 26.4 Å². The predicted octanol–water partition coefficient (Wildman–Crippen LogP) is 2.40. The van der Waals surface area contributed by atoms with E-state index in [4.69, 9.17) is 10.5 Å². The number of likely N-dealkylation sites (N-methyl/N-ethyl adjacent to an activating group) is 1. The van der Waals surface area contributed by atoms with Crippen LogP contribution in [0.15, 0.2) is 22.7 Å². The van der Waals surface area contributed by atoms with Crippen LogP contribution in [0.4, 0.5) is 0 Å². The van der Waals surface area contributed by atoms with Crippen LogP contribution >= 0.6 is 15.9 Å². The maximum atomic E-state index is 12.1. The third-order valence-corrected chi connectivity index (χ3v) is 3.52. The summed E-state index contributed by atoms with van der Waals surface area (Å²) in [7, 11) is 3.37. The number of hydrogen-bond acceptors (Lipinski definition) is 3. The Labute approximate surface area is 123 Å². The first-order valence-electron chi connectivity index (χ1n) is 6.19. The van der Waals surface area contributed by atoms with Crippen molar-refractivity contribution in [2.24, 2.45) is 11.7 Å². The first kappa shape index (κ1) is 16.0. The van der Waals surface area contributed by atoms with Gasteiger partial charge in [0.1, 0.15) is 5.75 Å². The fourth-order valence-corrected chi connectivity index (χ4v) is 2.15. The summed E-state index contributed by atoms with van der Waals surface area (Å²) >= 11 is 3.42. The summed E-state index contributed by atoms with van der Waals surface area (Å²) in [5.74, 6) is 0.831. The van der Waals surface area contributed by atoms with E-state index in [1.54, 1.807) is 19.1 Å². The van der Waals surface area contributed by atoms with Crippen LogP contribution in [0.25, 0.3) is 0 Å². The maximum Gasteiger partial charge on any atom is 0.239 e. The highest BCUT2D eigenvalue weighted by Gasteiger charge is 2.21. The number of halogens is 1. The van der Waals surface area contributed by atoms with Gasteiger partial charge in [-0.15, -0.1) is 0 Å². The van der Waals surface area contributed by atoms with E-state index in [1.807, 2.05) is 32.0 Å². The van der Waals surface area contributed by atoms with Crippen molar-refractivity contribution in [3.8, 4) is 5.75 Å². The highest BCUT2D eigenvalue weighted by atomic mass is 79.9. The standard InChI is InChI=1S/C14H21BrN2O2/c1-9(2)13(16)14(18)17(3)8-10-7-11(15)5-6-12(10)19-4/h5-7,9,13H,8,16H2,1-4H3/t13-/m0/s1. The molecular formula is C14H21BrN2O2. The van der Waals surface area contributed by atoms with Crippen molar-refractivity contribution in [3.63, 3.8) is 0 Å². The average Bonchev–Trinajstić information content (AvgIpc) is 2.37. The van der Waals surface area contributed by atoms with Crippen molar-refractivity contribution < 1.29 is 9.53 Å². The molecule has 1 amide bonds. The number of nitrogens with zero attached hydrogens (tertiary/aromatic N) is 1. The molecule has 19 heavy (non-hydrogen) atoms. The molecule has 0 saturated carbocycles. The normalized spacial score (nSPS) is 12.4. The summed E-state index contributed by atoms with van der Waals surface area (Å²) in [6.07, 6.45) is 0. The molecule has 0 spiro atoms. The van der Waals surface area contributed by atoms with Crippen LogP contribution in [0.5, 0.6) is 5.75 Å². The van der Waals surface area contributed by atoms with Gasteiger partial charge in [-0.2, -0.15) is 0 Å². The summed E-state index contributed by atoms with van der Waals surface area (Å²) < 4.78 is 6.25. The van der Waals surface area contributed by atoms with E-state index < -0.39 is 6.04 Å². The van der Waals surface area contributed by atoms with Crippen LogP contribution in [0.2, 0.25) is 0 Å². The molecule has 0 aliphatic rings. The molecule has 0 radical (unpaired) electrons. The Morgan fingerprint density at radius 2 is 2.11 bits per heavy atom. The van der Waals surface area contributed by atoms with Crippen molar-refractivity contribution >= 4 is 21.8 Å². The Kier molecular flexibility index (Phi) is 5.82. The van der Waals surface area contributed by atoms with Crippen LogP contribution in [0, 0.1) is 5.92 Å². The molecule has 0 aliphatic carbocycles. The van der Waals surface area contributed by atoms with Gasteiger partial charge in [-0.1, -0.05) is 29.8 Å². The van der Waals surface area contributed by atoms with E-state index in [0.717, 1.165) is 15.8 Å². The smallest absolute Gasteiger partial charge is 0.239 e. The molecule has 0 saturated heterocycles. The van der Waals surface area contributed by atoms with E-state index in [2.05, 4.69) is 15.9 Å². The number of hydrogen-bond donors (Lipinski definition) is 1. The Morgan fingerprint density at radius 1 is 1.47 bits per heavy atom. The van der Waals surface area contributed by atoms with Gasteiger partial charge in [-0.05, 0) is 24.1 Å². The summed E-state index contributed by atoms with van der Waals surface area (Å²) in [5.41, 5.74) is 6.83. The molecule has 0 aromatic heterocycles. The van der Waals surface area contributed by atoms with Gasteiger partial charge < -0.3 is 15.4 Å². The van der Waals surface area contributed by atoms with E-state index >= 15 is 0 Å². The van der Waals surface area contributed by atoms with Crippen LogP contribution < -0.4 is 10.5 Å². The SMILES string of the molecule is COc1ccc(Br)cc1CN(C)C(=O)[C@@H](N)C(C)C. The molecule has 106 valence electrons. The second-order valence-corrected chi connectivity index (χ2v) is 5.84. The first-order chi connectivity index (χ1) is 8.86. The minimum atomic E-state index is -0.469. The number of rotatable bonds is 5. The maximum absolute atomic E-state index is 12.1. The van der Waals surface area contributed by atoms with E-state index in [-0.39, 0.29) is 11.8 Å². The average molecular weight is 329 g/mol. The van der Waals surface area contributed by atoms with Crippen LogP contribution in [-0.2, 0) is 11.3 Å². The fraction of sp³-hybridized carbons (Fsp3) is 0.500. The number of ether oxygens (including phenoxy) is 1. The predicted molar refractivity (Wildman–Crippen MR) is 80.0 cm³/mol. The van der Waals surface area contributed by atoms with Gasteiger partial charge in [-0.25, -0.2) is 0 Å². The molecule has 0 heterocycles. The summed E-state index contributed by atoms with van der Waals surface area (Å²) in [6, 6.07) is 5.26. The Balaban J connectivity index is 2.84. The van der Waals surface area contributed by atoms with Gasteiger partial charge >= 0.3 is 0 Å². The molecular weight excluding hydrogens is 308 g/mol. The van der Waals surface area contributed by atoms with Gasteiger partial charge in [0.15, 0.2) is 0 Å². The van der Waals surface area contributed by atoms with Crippen molar-refractivity contribution in [3.05, 3.63) is 28.2 Å². The quantitative estimate of drug-likeness (QED) is 0.902. The van der Waals surface area contributed by atoms with Gasteiger partial charge in [-0.3, -0.25) is 4.79 Å². The zero-order valence-electron chi connectivity index (χ0n) is 11.8. The zero-order chi connectivity index (χ0) is 14.6. The molecule has 5 heteroatoms. The number of carbonyl (C=O) groups is 1. The topological polar surface area (TPSA) is 55.6 Å². The number of methoxy groups -OCH3 is 1. The van der Waals surface area contributed by atoms with E-state index in [9.17, 15) is 4.79 Å². The molecule has 1 atom stereocenters. The molecule has 1 aromatic rings. The van der Waals surface area contributed by atoms with Crippen molar-refractivity contribution in [1.82, 2.24) is 4.90 Å². The minimum absolute atomic E-state index is 0.0583. The van der Waals surface area contributed by atoms with E-state index in [0.29, 0.717) is 6.54 Å². The van der Waals surface area contributed by atoms with Crippen molar-refractivity contribution in [1.29, 1.82) is 0 Å². The summed E-state index contributed by atoms with van der Waals surface area (Å²) in [5, 5.41) is 0. The lowest BCUT2D eigenvalue weighted by Gasteiger charge is -2.24. The number of nitrogens with two attached hydrogens (primary N) is 1. The molecule has 0 unspecified atom stereocenters. The number of amides is 1. The molecule has 0 bridgehead atoms. The van der Waals surface area contributed by atoms with Gasteiger partial charge in [0.25, 0.3) is 0 Å². The van der Waals surface area contributed by atoms with Gasteiger partial charge in [0.2, 0.25) is 5.91 Å². The second-order valence-electron chi connectivity index (χ2n) is 4.92. The Bertz CT molecular complexity index is 449.